The monoisotopic (exact) mass is 371 g/mol. The summed E-state index contributed by atoms with van der Waals surface area (Å²) in [5.74, 6) is -0.307. The molecule has 1 spiro atoms. The van der Waals surface area contributed by atoms with Crippen molar-refractivity contribution in [1.29, 1.82) is 0 Å². The minimum absolute atomic E-state index is 0.00399. The smallest absolute Gasteiger partial charge is 0.310 e. The van der Waals surface area contributed by atoms with Crippen LogP contribution >= 0.6 is 0 Å². The molecule has 1 aromatic rings. The van der Waals surface area contributed by atoms with Crippen molar-refractivity contribution in [3.8, 4) is 11.5 Å². The van der Waals surface area contributed by atoms with Crippen molar-refractivity contribution in [1.82, 2.24) is 4.90 Å². The van der Waals surface area contributed by atoms with Crippen LogP contribution in [0.4, 0.5) is 0 Å². The van der Waals surface area contributed by atoms with Gasteiger partial charge in [0, 0.05) is 18.2 Å². The van der Waals surface area contributed by atoms with E-state index in [4.69, 9.17) is 4.74 Å². The number of aliphatic carboxylic acids is 1. The summed E-state index contributed by atoms with van der Waals surface area (Å²) in [4.78, 5) is 14.4. The highest BCUT2D eigenvalue weighted by Gasteiger charge is 2.73. The topological polar surface area (TPSA) is 90.2 Å². The van der Waals surface area contributed by atoms with Crippen LogP contribution in [0.5, 0.6) is 11.5 Å². The molecule has 3 fully saturated rings. The first kappa shape index (κ1) is 16.2. The van der Waals surface area contributed by atoms with Gasteiger partial charge in [0.2, 0.25) is 0 Å². The third kappa shape index (κ3) is 1.81. The molecule has 3 N–H and O–H groups in total. The molecule has 1 saturated heterocycles. The van der Waals surface area contributed by atoms with Gasteiger partial charge in [0.25, 0.3) is 0 Å². The van der Waals surface area contributed by atoms with Crippen LogP contribution in [0.25, 0.3) is 0 Å². The third-order valence-electron chi connectivity index (χ3n) is 8.08. The zero-order chi connectivity index (χ0) is 18.6. The summed E-state index contributed by atoms with van der Waals surface area (Å²) in [7, 11) is 0. The Kier molecular flexibility index (Phi) is 2.98. The third-order valence-corrected chi connectivity index (χ3v) is 8.08. The minimum Gasteiger partial charge on any atom is -0.504 e. The average molecular weight is 371 g/mol. The number of carbonyl (C=O) groups is 1. The Morgan fingerprint density at radius 1 is 1.26 bits per heavy atom. The van der Waals surface area contributed by atoms with E-state index in [1.54, 1.807) is 6.07 Å². The molecule has 1 aromatic carbocycles. The molecule has 6 rings (SSSR count). The van der Waals surface area contributed by atoms with E-state index in [0.717, 1.165) is 36.6 Å². The lowest BCUT2D eigenvalue weighted by Crippen LogP contribution is -2.76. The summed E-state index contributed by atoms with van der Waals surface area (Å²) in [6.45, 7) is 1.88. The van der Waals surface area contributed by atoms with E-state index in [2.05, 4.69) is 4.90 Å². The zero-order valence-corrected chi connectivity index (χ0v) is 15.2. The van der Waals surface area contributed by atoms with Crippen molar-refractivity contribution in [2.24, 2.45) is 11.8 Å². The van der Waals surface area contributed by atoms with Crippen molar-refractivity contribution in [2.75, 3.05) is 13.1 Å². The first-order chi connectivity index (χ1) is 13.0. The molecule has 6 heteroatoms. The summed E-state index contributed by atoms with van der Waals surface area (Å²) < 4.78 is 6.17. The predicted molar refractivity (Wildman–Crippen MR) is 95.9 cm³/mol. The van der Waals surface area contributed by atoms with Crippen molar-refractivity contribution in [2.45, 2.75) is 61.7 Å². The van der Waals surface area contributed by atoms with Gasteiger partial charge in [-0.1, -0.05) is 6.07 Å². The molecular formula is C21H25NO5. The molecule has 6 nitrogen and oxygen atoms in total. The van der Waals surface area contributed by atoms with E-state index in [1.807, 2.05) is 6.07 Å². The van der Waals surface area contributed by atoms with Crippen LogP contribution < -0.4 is 4.74 Å². The fraction of sp³-hybridized carbons (Fsp3) is 0.667. The Hall–Kier alpha value is -1.79. The van der Waals surface area contributed by atoms with Crippen molar-refractivity contribution >= 4 is 5.97 Å². The number of phenolic OH excluding ortho intramolecular Hbond substituents is 1. The summed E-state index contributed by atoms with van der Waals surface area (Å²) in [6.07, 6.45) is 4.25. The highest BCUT2D eigenvalue weighted by molar-refractivity contribution is 5.74. The van der Waals surface area contributed by atoms with Crippen molar-refractivity contribution < 1.29 is 24.9 Å². The second-order valence-electron chi connectivity index (χ2n) is 9.27. The number of hydrogen-bond acceptors (Lipinski definition) is 5. The molecule has 0 radical (unpaired) electrons. The van der Waals surface area contributed by atoms with Gasteiger partial charge in [-0.2, -0.15) is 0 Å². The lowest BCUT2D eigenvalue weighted by Gasteiger charge is -2.63. The molecule has 2 heterocycles. The molecule has 2 saturated carbocycles. The van der Waals surface area contributed by atoms with Gasteiger partial charge in [-0.15, -0.1) is 0 Å². The maximum atomic E-state index is 12.1. The van der Waals surface area contributed by atoms with Crippen LogP contribution in [0.15, 0.2) is 12.1 Å². The number of aromatic hydroxyl groups is 1. The van der Waals surface area contributed by atoms with Gasteiger partial charge in [0.15, 0.2) is 11.5 Å². The van der Waals surface area contributed by atoms with Gasteiger partial charge >= 0.3 is 5.97 Å². The maximum absolute atomic E-state index is 12.1. The van der Waals surface area contributed by atoms with Crippen molar-refractivity contribution in [3.05, 3.63) is 23.3 Å². The molecule has 144 valence electrons. The van der Waals surface area contributed by atoms with Gasteiger partial charge < -0.3 is 20.1 Å². The molecular weight excluding hydrogens is 346 g/mol. The lowest BCUT2D eigenvalue weighted by molar-refractivity contribution is -0.202. The average Bonchev–Trinajstić information content (AvgIpc) is 3.36. The fourth-order valence-electron chi connectivity index (χ4n) is 6.73. The Morgan fingerprint density at radius 3 is 2.81 bits per heavy atom. The normalized spacial score (nSPS) is 41.7. The molecule has 2 aliphatic heterocycles. The van der Waals surface area contributed by atoms with Crippen LogP contribution in [0.3, 0.4) is 0 Å². The minimum atomic E-state index is -0.997. The summed E-state index contributed by atoms with van der Waals surface area (Å²) in [6, 6.07) is 3.60. The van der Waals surface area contributed by atoms with Crippen molar-refractivity contribution in [3.63, 3.8) is 0 Å². The quantitative estimate of drug-likeness (QED) is 0.749. The number of benzene rings is 1. The number of hydrogen-bond donors (Lipinski definition) is 3. The van der Waals surface area contributed by atoms with E-state index < -0.39 is 29.0 Å². The Balaban J connectivity index is 1.56. The van der Waals surface area contributed by atoms with Crippen LogP contribution in [0.2, 0.25) is 0 Å². The highest BCUT2D eigenvalue weighted by Crippen LogP contribution is 2.66. The van der Waals surface area contributed by atoms with E-state index in [-0.39, 0.29) is 11.8 Å². The molecule has 5 atom stereocenters. The molecule has 5 aliphatic rings. The van der Waals surface area contributed by atoms with Crippen LogP contribution in [-0.4, -0.2) is 57.0 Å². The molecule has 27 heavy (non-hydrogen) atoms. The number of carboxylic acid groups (broad SMARTS) is 1. The number of piperidine rings is 1. The Bertz CT molecular complexity index is 851. The Labute approximate surface area is 157 Å². The number of likely N-dealkylation sites (tertiary alicyclic amines) is 1. The van der Waals surface area contributed by atoms with Gasteiger partial charge in [-0.3, -0.25) is 9.69 Å². The number of carboxylic acids is 1. The summed E-state index contributed by atoms with van der Waals surface area (Å²) >= 11 is 0. The SMILES string of the molecule is O=C(O)C1CC[C@@]2(O)[C@H]3Cc4ccc(O)c5c4[C@@]2(CCN3CC2CC2)C1O5. The number of phenols is 1. The van der Waals surface area contributed by atoms with Crippen LogP contribution in [0.1, 0.15) is 43.2 Å². The standard InChI is InChI=1S/C21H25NO5/c23-14-4-3-12-9-15-21(26)6-5-13(19(24)25)18-20(21,16(12)17(14)27-18)7-8-22(15)10-11-1-2-11/h3-4,11,13,15,18,23,26H,1-2,5-10H2,(H,24,25)/t13?,15-,18?,20+,21-/m1/s1. The first-order valence-corrected chi connectivity index (χ1v) is 10.2. The summed E-state index contributed by atoms with van der Waals surface area (Å²) in [5.41, 5.74) is 0.276. The maximum Gasteiger partial charge on any atom is 0.310 e. The van der Waals surface area contributed by atoms with E-state index in [0.29, 0.717) is 25.0 Å². The number of aliphatic hydroxyl groups is 1. The van der Waals surface area contributed by atoms with Crippen LogP contribution in [0, 0.1) is 11.8 Å². The first-order valence-electron chi connectivity index (χ1n) is 10.2. The Morgan fingerprint density at radius 2 is 2.07 bits per heavy atom. The van der Waals surface area contributed by atoms with Gasteiger partial charge in [-0.25, -0.2) is 0 Å². The molecule has 2 bridgehead atoms. The lowest BCUT2D eigenvalue weighted by atomic mass is 9.47. The number of ether oxygens (including phenoxy) is 1. The number of rotatable bonds is 3. The molecule has 0 amide bonds. The second kappa shape index (κ2) is 4.97. The largest absolute Gasteiger partial charge is 0.504 e. The van der Waals surface area contributed by atoms with E-state index in [9.17, 15) is 20.1 Å². The van der Waals surface area contributed by atoms with Gasteiger partial charge in [-0.05, 0) is 62.6 Å². The fourth-order valence-corrected chi connectivity index (χ4v) is 6.73. The number of nitrogens with zero attached hydrogens (tertiary/aromatic N) is 1. The van der Waals surface area contributed by atoms with Gasteiger partial charge in [0.1, 0.15) is 6.10 Å². The zero-order valence-electron chi connectivity index (χ0n) is 15.2. The van der Waals surface area contributed by atoms with E-state index >= 15 is 0 Å². The van der Waals surface area contributed by atoms with Crippen LogP contribution in [-0.2, 0) is 16.6 Å². The highest BCUT2D eigenvalue weighted by atomic mass is 16.5. The molecule has 3 aliphatic carbocycles. The second-order valence-corrected chi connectivity index (χ2v) is 9.27. The van der Waals surface area contributed by atoms with Gasteiger partial charge in [0.05, 0.1) is 16.9 Å². The molecule has 0 aromatic heterocycles. The molecule has 2 unspecified atom stereocenters. The predicted octanol–water partition coefficient (Wildman–Crippen LogP) is 1.66. The van der Waals surface area contributed by atoms with E-state index in [1.165, 1.54) is 12.8 Å². The summed E-state index contributed by atoms with van der Waals surface area (Å²) in [5, 5.41) is 32.4.